The molecule has 2 aromatic carbocycles. The van der Waals surface area contributed by atoms with Crippen molar-refractivity contribution in [2.45, 2.75) is 26.9 Å². The predicted octanol–water partition coefficient (Wildman–Crippen LogP) is 4.68. The van der Waals surface area contributed by atoms with Crippen molar-refractivity contribution >= 4 is 11.5 Å². The lowest BCUT2D eigenvalue weighted by molar-refractivity contribution is 0.268. The van der Waals surface area contributed by atoms with E-state index in [1.54, 1.807) is 12.1 Å². The summed E-state index contributed by atoms with van der Waals surface area (Å²) in [4.78, 5) is 7.34. The number of nitrogens with one attached hydrogen (secondary N) is 2. The zero-order chi connectivity index (χ0) is 21.1. The van der Waals surface area contributed by atoms with Gasteiger partial charge in [0, 0.05) is 36.6 Å². The van der Waals surface area contributed by atoms with E-state index in [1.165, 1.54) is 23.4 Å². The van der Waals surface area contributed by atoms with E-state index in [1.807, 2.05) is 7.05 Å². The van der Waals surface area contributed by atoms with Crippen LogP contribution in [0.5, 0.6) is 0 Å². The first kappa shape index (κ1) is 20.2. The molecule has 0 unspecified atom stereocenters. The topological polar surface area (TPSA) is 45.1 Å². The second kappa shape index (κ2) is 8.71. The SMILES string of the molecule is CC=C(CNC)N1CCn2c(nc(-c3ccc(F)cc3)c2Nc2ccc(C)cc2)C1. The Morgan fingerprint density at radius 1 is 1.10 bits per heavy atom. The van der Waals surface area contributed by atoms with Gasteiger partial charge in [-0.05, 0) is 57.3 Å². The van der Waals surface area contributed by atoms with Crippen LogP contribution >= 0.6 is 0 Å². The van der Waals surface area contributed by atoms with Gasteiger partial charge in [-0.1, -0.05) is 23.8 Å². The van der Waals surface area contributed by atoms with Gasteiger partial charge in [0.05, 0.1) is 6.54 Å². The van der Waals surface area contributed by atoms with Crippen molar-refractivity contribution < 1.29 is 4.39 Å². The van der Waals surface area contributed by atoms with Gasteiger partial charge in [-0.2, -0.15) is 0 Å². The number of imidazole rings is 1. The van der Waals surface area contributed by atoms with E-state index in [0.29, 0.717) is 0 Å². The average Bonchev–Trinajstić information content (AvgIpc) is 3.11. The van der Waals surface area contributed by atoms with Crippen LogP contribution in [-0.2, 0) is 13.1 Å². The summed E-state index contributed by atoms with van der Waals surface area (Å²) in [6.07, 6.45) is 2.15. The van der Waals surface area contributed by atoms with Crippen molar-refractivity contribution in [3.05, 3.63) is 77.5 Å². The minimum Gasteiger partial charge on any atom is -0.365 e. The number of allylic oxidation sites excluding steroid dienone is 1. The molecule has 6 heteroatoms. The maximum absolute atomic E-state index is 13.5. The van der Waals surface area contributed by atoms with Gasteiger partial charge in [0.25, 0.3) is 0 Å². The highest BCUT2D eigenvalue weighted by molar-refractivity contribution is 5.76. The van der Waals surface area contributed by atoms with Gasteiger partial charge in [-0.25, -0.2) is 9.37 Å². The molecule has 1 aliphatic heterocycles. The fraction of sp³-hybridized carbons (Fsp3) is 0.292. The molecule has 0 saturated heterocycles. The summed E-state index contributed by atoms with van der Waals surface area (Å²) in [7, 11) is 1.96. The smallest absolute Gasteiger partial charge is 0.138 e. The lowest BCUT2D eigenvalue weighted by Crippen LogP contribution is -2.36. The molecule has 2 heterocycles. The summed E-state index contributed by atoms with van der Waals surface area (Å²) < 4.78 is 15.8. The molecular formula is C24H28FN5. The van der Waals surface area contributed by atoms with Crippen LogP contribution in [0.25, 0.3) is 11.3 Å². The molecule has 30 heavy (non-hydrogen) atoms. The van der Waals surface area contributed by atoms with Crippen molar-refractivity contribution in [2.75, 3.05) is 25.5 Å². The highest BCUT2D eigenvalue weighted by atomic mass is 19.1. The maximum Gasteiger partial charge on any atom is 0.138 e. The van der Waals surface area contributed by atoms with Crippen LogP contribution < -0.4 is 10.6 Å². The number of halogens is 1. The normalized spacial score (nSPS) is 14.0. The number of rotatable bonds is 6. The Kier molecular flexibility index (Phi) is 5.86. The average molecular weight is 406 g/mol. The number of likely N-dealkylation sites (N-methyl/N-ethyl adjacent to an activating group) is 1. The zero-order valence-electron chi connectivity index (χ0n) is 17.7. The Labute approximate surface area is 177 Å². The van der Waals surface area contributed by atoms with E-state index in [9.17, 15) is 4.39 Å². The minimum absolute atomic E-state index is 0.244. The molecule has 5 nitrogen and oxygen atoms in total. The van der Waals surface area contributed by atoms with Gasteiger partial charge in [0.1, 0.15) is 23.2 Å². The zero-order valence-corrected chi connectivity index (χ0v) is 17.7. The molecule has 0 atom stereocenters. The number of nitrogens with zero attached hydrogens (tertiary/aromatic N) is 3. The Morgan fingerprint density at radius 2 is 1.83 bits per heavy atom. The summed E-state index contributed by atoms with van der Waals surface area (Å²) in [5.41, 5.74) is 5.25. The summed E-state index contributed by atoms with van der Waals surface area (Å²) in [6, 6.07) is 14.9. The van der Waals surface area contributed by atoms with Gasteiger partial charge in [-0.15, -0.1) is 0 Å². The summed E-state index contributed by atoms with van der Waals surface area (Å²) in [5, 5.41) is 6.81. The monoisotopic (exact) mass is 405 g/mol. The summed E-state index contributed by atoms with van der Waals surface area (Å²) >= 11 is 0. The quantitative estimate of drug-likeness (QED) is 0.625. The van der Waals surface area contributed by atoms with Gasteiger partial charge in [-0.3, -0.25) is 0 Å². The van der Waals surface area contributed by atoms with E-state index in [-0.39, 0.29) is 5.82 Å². The minimum atomic E-state index is -0.244. The fourth-order valence-electron chi connectivity index (χ4n) is 3.86. The van der Waals surface area contributed by atoms with Gasteiger partial charge >= 0.3 is 0 Å². The van der Waals surface area contributed by atoms with Crippen molar-refractivity contribution in [1.82, 2.24) is 19.8 Å². The highest BCUT2D eigenvalue weighted by Crippen LogP contribution is 2.34. The summed E-state index contributed by atoms with van der Waals surface area (Å²) in [6.45, 7) is 7.46. The second-order valence-electron chi connectivity index (χ2n) is 7.61. The first-order valence-electron chi connectivity index (χ1n) is 10.3. The molecule has 0 saturated carbocycles. The van der Waals surface area contributed by atoms with E-state index in [2.05, 4.69) is 64.3 Å². The molecule has 0 radical (unpaired) electrons. The number of aromatic nitrogens is 2. The molecule has 0 amide bonds. The van der Waals surface area contributed by atoms with Crippen molar-refractivity contribution in [1.29, 1.82) is 0 Å². The van der Waals surface area contributed by atoms with Crippen LogP contribution in [0.1, 0.15) is 18.3 Å². The van der Waals surface area contributed by atoms with Crippen LogP contribution in [-0.4, -0.2) is 34.6 Å². The molecule has 0 fully saturated rings. The van der Waals surface area contributed by atoms with Crippen LogP contribution in [0.3, 0.4) is 0 Å². The molecule has 4 rings (SSSR count). The molecule has 0 bridgehead atoms. The van der Waals surface area contributed by atoms with Crippen LogP contribution in [0.15, 0.2) is 60.3 Å². The van der Waals surface area contributed by atoms with Crippen LogP contribution in [0, 0.1) is 12.7 Å². The fourth-order valence-corrected chi connectivity index (χ4v) is 3.86. The van der Waals surface area contributed by atoms with Crippen LogP contribution in [0.2, 0.25) is 0 Å². The van der Waals surface area contributed by atoms with E-state index in [4.69, 9.17) is 4.98 Å². The molecule has 0 spiro atoms. The molecule has 3 aromatic rings. The first-order valence-corrected chi connectivity index (χ1v) is 10.3. The number of anilines is 2. The number of aryl methyl sites for hydroxylation is 1. The van der Waals surface area contributed by atoms with E-state index < -0.39 is 0 Å². The Morgan fingerprint density at radius 3 is 2.50 bits per heavy atom. The highest BCUT2D eigenvalue weighted by Gasteiger charge is 2.25. The number of fused-ring (bicyclic) bond motifs is 1. The third kappa shape index (κ3) is 4.09. The van der Waals surface area contributed by atoms with Gasteiger partial charge in [0.15, 0.2) is 0 Å². The Balaban J connectivity index is 1.73. The molecular weight excluding hydrogens is 377 g/mol. The lowest BCUT2D eigenvalue weighted by Gasteiger charge is -2.32. The van der Waals surface area contributed by atoms with Gasteiger partial charge in [0.2, 0.25) is 0 Å². The molecule has 1 aromatic heterocycles. The van der Waals surface area contributed by atoms with E-state index in [0.717, 1.165) is 54.8 Å². The van der Waals surface area contributed by atoms with E-state index >= 15 is 0 Å². The van der Waals surface area contributed by atoms with Crippen molar-refractivity contribution in [3.8, 4) is 11.3 Å². The Bertz CT molecular complexity index is 1030. The maximum atomic E-state index is 13.5. The van der Waals surface area contributed by atoms with Gasteiger partial charge < -0.3 is 20.1 Å². The molecule has 156 valence electrons. The first-order chi connectivity index (χ1) is 14.6. The van der Waals surface area contributed by atoms with Crippen molar-refractivity contribution in [2.24, 2.45) is 0 Å². The van der Waals surface area contributed by atoms with Crippen molar-refractivity contribution in [3.63, 3.8) is 0 Å². The predicted molar refractivity (Wildman–Crippen MR) is 120 cm³/mol. The largest absolute Gasteiger partial charge is 0.365 e. The molecule has 2 N–H and O–H groups in total. The lowest BCUT2D eigenvalue weighted by atomic mass is 10.1. The van der Waals surface area contributed by atoms with Crippen LogP contribution in [0.4, 0.5) is 15.9 Å². The number of hydrogen-bond donors (Lipinski definition) is 2. The standard InChI is InChI=1S/C24H28FN5/c1-4-21(15-26-3)29-13-14-30-22(16-29)28-23(18-7-9-19(25)10-8-18)24(30)27-20-11-5-17(2)6-12-20/h4-12,26-27H,13-16H2,1-3H3. The second-order valence-corrected chi connectivity index (χ2v) is 7.61. The Hall–Kier alpha value is -3.12. The molecule has 0 aliphatic carbocycles. The number of hydrogen-bond acceptors (Lipinski definition) is 4. The number of benzene rings is 2. The third-order valence-corrected chi connectivity index (χ3v) is 5.50. The third-order valence-electron chi connectivity index (χ3n) is 5.50. The summed E-state index contributed by atoms with van der Waals surface area (Å²) in [5.74, 6) is 1.72. The molecule has 1 aliphatic rings.